The van der Waals surface area contributed by atoms with Crippen LogP contribution in [0.25, 0.3) is 0 Å². The molecule has 0 unspecified atom stereocenters. The van der Waals surface area contributed by atoms with E-state index in [1.165, 1.54) is 26.9 Å². The number of halogens is 1. The van der Waals surface area contributed by atoms with Crippen LogP contribution in [0.4, 0.5) is 5.69 Å². The van der Waals surface area contributed by atoms with Crippen LogP contribution >= 0.6 is 15.9 Å². The summed E-state index contributed by atoms with van der Waals surface area (Å²) in [6.45, 7) is 5.13. The van der Waals surface area contributed by atoms with Gasteiger partial charge in [0.15, 0.2) is 0 Å². The molecule has 0 amide bonds. The lowest BCUT2D eigenvalue weighted by atomic mass is 10.1. The fourth-order valence-electron chi connectivity index (χ4n) is 1.85. The quantitative estimate of drug-likeness (QED) is 0.844. The van der Waals surface area contributed by atoms with Crippen molar-refractivity contribution in [3.05, 3.63) is 63.6 Å². The molecule has 0 heterocycles. The normalized spacial score (nSPS) is 10.4. The van der Waals surface area contributed by atoms with E-state index in [-0.39, 0.29) is 0 Å². The minimum Gasteiger partial charge on any atom is -0.381 e. The number of benzene rings is 2. The standard InChI is InChI=1S/C16H18BrN/c1-3-13-5-4-6-15(9-13)18-11-14-8-7-12(2)16(17)10-14/h4-10,18H,3,11H2,1-2H3. The average molecular weight is 304 g/mol. The van der Waals surface area contributed by atoms with Gasteiger partial charge in [0.25, 0.3) is 0 Å². The van der Waals surface area contributed by atoms with Gasteiger partial charge in [0.05, 0.1) is 0 Å². The predicted octanol–water partition coefficient (Wildman–Crippen LogP) is 4.93. The van der Waals surface area contributed by atoms with Crippen molar-refractivity contribution in [2.45, 2.75) is 26.8 Å². The van der Waals surface area contributed by atoms with Gasteiger partial charge in [-0.1, -0.05) is 47.1 Å². The second-order valence-corrected chi connectivity index (χ2v) is 5.35. The number of hydrogen-bond donors (Lipinski definition) is 1. The van der Waals surface area contributed by atoms with E-state index in [9.17, 15) is 0 Å². The van der Waals surface area contributed by atoms with Gasteiger partial charge < -0.3 is 5.32 Å². The minimum atomic E-state index is 0.853. The second kappa shape index (κ2) is 6.05. The smallest absolute Gasteiger partial charge is 0.0401 e. The lowest BCUT2D eigenvalue weighted by molar-refractivity contribution is 1.11. The van der Waals surface area contributed by atoms with Gasteiger partial charge in [-0.2, -0.15) is 0 Å². The first-order chi connectivity index (χ1) is 8.69. The summed E-state index contributed by atoms with van der Waals surface area (Å²) in [5.41, 5.74) is 5.11. The van der Waals surface area contributed by atoms with Gasteiger partial charge in [-0.15, -0.1) is 0 Å². The molecule has 0 spiro atoms. The molecule has 0 aliphatic heterocycles. The Balaban J connectivity index is 2.04. The summed E-state index contributed by atoms with van der Waals surface area (Å²) >= 11 is 3.57. The van der Waals surface area contributed by atoms with Crippen LogP contribution in [0.3, 0.4) is 0 Å². The zero-order chi connectivity index (χ0) is 13.0. The number of nitrogens with one attached hydrogen (secondary N) is 1. The monoisotopic (exact) mass is 303 g/mol. The molecule has 94 valence electrons. The van der Waals surface area contributed by atoms with E-state index < -0.39 is 0 Å². The zero-order valence-electron chi connectivity index (χ0n) is 10.8. The SMILES string of the molecule is CCc1cccc(NCc2ccc(C)c(Br)c2)c1. The predicted molar refractivity (Wildman–Crippen MR) is 82.0 cm³/mol. The van der Waals surface area contributed by atoms with Gasteiger partial charge >= 0.3 is 0 Å². The largest absolute Gasteiger partial charge is 0.381 e. The van der Waals surface area contributed by atoms with E-state index in [4.69, 9.17) is 0 Å². The fourth-order valence-corrected chi connectivity index (χ4v) is 2.28. The molecule has 1 nitrogen and oxygen atoms in total. The molecular weight excluding hydrogens is 286 g/mol. The molecule has 0 saturated carbocycles. The fraction of sp³-hybridized carbons (Fsp3) is 0.250. The number of aryl methyl sites for hydroxylation is 2. The van der Waals surface area contributed by atoms with Gasteiger partial charge in [0.2, 0.25) is 0 Å². The Labute approximate surface area is 117 Å². The first-order valence-corrected chi connectivity index (χ1v) is 7.06. The molecule has 2 rings (SSSR count). The van der Waals surface area contributed by atoms with E-state index in [0.29, 0.717) is 0 Å². The molecule has 0 saturated heterocycles. The first kappa shape index (κ1) is 13.2. The Morgan fingerprint density at radius 1 is 1.06 bits per heavy atom. The lowest BCUT2D eigenvalue weighted by Gasteiger charge is -2.09. The molecular formula is C16H18BrN. The van der Waals surface area contributed by atoms with Crippen molar-refractivity contribution in [3.8, 4) is 0 Å². The number of rotatable bonds is 4. The summed E-state index contributed by atoms with van der Waals surface area (Å²) in [6, 6.07) is 15.1. The van der Waals surface area contributed by atoms with Crippen molar-refractivity contribution in [2.24, 2.45) is 0 Å². The van der Waals surface area contributed by atoms with Crippen molar-refractivity contribution >= 4 is 21.6 Å². The maximum atomic E-state index is 3.57. The zero-order valence-corrected chi connectivity index (χ0v) is 12.4. The summed E-state index contributed by atoms with van der Waals surface area (Å²) in [5, 5.41) is 3.46. The van der Waals surface area contributed by atoms with Crippen LogP contribution < -0.4 is 5.32 Å². The van der Waals surface area contributed by atoms with E-state index >= 15 is 0 Å². The van der Waals surface area contributed by atoms with Crippen LogP contribution in [0, 0.1) is 6.92 Å². The summed E-state index contributed by atoms with van der Waals surface area (Å²) in [5.74, 6) is 0. The summed E-state index contributed by atoms with van der Waals surface area (Å²) in [7, 11) is 0. The highest BCUT2D eigenvalue weighted by molar-refractivity contribution is 9.10. The molecule has 0 atom stereocenters. The molecule has 0 radical (unpaired) electrons. The van der Waals surface area contributed by atoms with Gasteiger partial charge in [-0.05, 0) is 48.2 Å². The highest BCUT2D eigenvalue weighted by atomic mass is 79.9. The van der Waals surface area contributed by atoms with Crippen molar-refractivity contribution in [1.82, 2.24) is 0 Å². The highest BCUT2D eigenvalue weighted by Gasteiger charge is 1.98. The van der Waals surface area contributed by atoms with Crippen LogP contribution in [-0.2, 0) is 13.0 Å². The van der Waals surface area contributed by atoms with E-state index in [1.807, 2.05) is 0 Å². The Morgan fingerprint density at radius 2 is 1.89 bits per heavy atom. The van der Waals surface area contributed by atoms with E-state index in [0.717, 1.165) is 13.0 Å². The Hall–Kier alpha value is -1.28. The molecule has 18 heavy (non-hydrogen) atoms. The molecule has 0 bridgehead atoms. The Bertz CT molecular complexity index is 534. The summed E-state index contributed by atoms with van der Waals surface area (Å²) < 4.78 is 1.17. The van der Waals surface area contributed by atoms with Crippen molar-refractivity contribution < 1.29 is 0 Å². The van der Waals surface area contributed by atoms with Gasteiger partial charge in [0, 0.05) is 16.7 Å². The lowest BCUT2D eigenvalue weighted by Crippen LogP contribution is -2.00. The highest BCUT2D eigenvalue weighted by Crippen LogP contribution is 2.19. The van der Waals surface area contributed by atoms with Crippen LogP contribution in [0.15, 0.2) is 46.9 Å². The first-order valence-electron chi connectivity index (χ1n) is 6.27. The topological polar surface area (TPSA) is 12.0 Å². The van der Waals surface area contributed by atoms with E-state index in [2.05, 4.69) is 77.6 Å². The molecule has 2 heteroatoms. The summed E-state index contributed by atoms with van der Waals surface area (Å²) in [4.78, 5) is 0. The minimum absolute atomic E-state index is 0.853. The van der Waals surface area contributed by atoms with Crippen molar-refractivity contribution in [3.63, 3.8) is 0 Å². The molecule has 0 aliphatic rings. The Kier molecular flexibility index (Phi) is 4.43. The molecule has 2 aromatic rings. The summed E-state index contributed by atoms with van der Waals surface area (Å²) in [6.07, 6.45) is 1.07. The van der Waals surface area contributed by atoms with Crippen LogP contribution in [-0.4, -0.2) is 0 Å². The van der Waals surface area contributed by atoms with Gasteiger partial charge in [-0.25, -0.2) is 0 Å². The third-order valence-corrected chi connectivity index (χ3v) is 3.92. The molecule has 0 aliphatic carbocycles. The van der Waals surface area contributed by atoms with E-state index in [1.54, 1.807) is 0 Å². The van der Waals surface area contributed by atoms with Crippen LogP contribution in [0.2, 0.25) is 0 Å². The molecule has 0 aromatic heterocycles. The van der Waals surface area contributed by atoms with Crippen molar-refractivity contribution in [2.75, 3.05) is 5.32 Å². The maximum absolute atomic E-state index is 3.57. The molecule has 1 N–H and O–H groups in total. The maximum Gasteiger partial charge on any atom is 0.0401 e. The third-order valence-electron chi connectivity index (χ3n) is 3.07. The second-order valence-electron chi connectivity index (χ2n) is 4.49. The molecule has 2 aromatic carbocycles. The van der Waals surface area contributed by atoms with Gasteiger partial charge in [-0.3, -0.25) is 0 Å². The van der Waals surface area contributed by atoms with Crippen LogP contribution in [0.5, 0.6) is 0 Å². The van der Waals surface area contributed by atoms with Gasteiger partial charge in [0.1, 0.15) is 0 Å². The van der Waals surface area contributed by atoms with Crippen LogP contribution in [0.1, 0.15) is 23.6 Å². The Morgan fingerprint density at radius 3 is 2.61 bits per heavy atom. The average Bonchev–Trinajstić information content (AvgIpc) is 2.40. The third kappa shape index (κ3) is 3.36. The van der Waals surface area contributed by atoms with Crippen molar-refractivity contribution in [1.29, 1.82) is 0 Å². The number of anilines is 1. The molecule has 0 fully saturated rings. The number of hydrogen-bond acceptors (Lipinski definition) is 1.